The van der Waals surface area contributed by atoms with Gasteiger partial charge in [-0.1, -0.05) is 12.8 Å². The first-order chi connectivity index (χ1) is 8.69. The van der Waals surface area contributed by atoms with Crippen LogP contribution < -0.4 is 5.73 Å². The van der Waals surface area contributed by atoms with Gasteiger partial charge in [-0.2, -0.15) is 0 Å². The molecule has 0 bridgehead atoms. The van der Waals surface area contributed by atoms with E-state index in [-0.39, 0.29) is 23.5 Å². The average molecular weight is 251 g/mol. The van der Waals surface area contributed by atoms with Crippen molar-refractivity contribution in [1.82, 2.24) is 0 Å². The first kappa shape index (κ1) is 12.6. The van der Waals surface area contributed by atoms with Crippen molar-refractivity contribution in [2.45, 2.75) is 69.4 Å². The van der Waals surface area contributed by atoms with Crippen molar-refractivity contribution in [3.63, 3.8) is 0 Å². The van der Waals surface area contributed by atoms with Crippen LogP contribution in [0.3, 0.4) is 0 Å². The van der Waals surface area contributed by atoms with Gasteiger partial charge in [-0.25, -0.2) is 0 Å². The Kier molecular flexibility index (Phi) is 3.46. The van der Waals surface area contributed by atoms with Crippen LogP contribution in [-0.2, 0) is 9.53 Å². The number of carbonyl (C=O) groups excluding carboxylic acids is 1. The van der Waals surface area contributed by atoms with Crippen LogP contribution >= 0.6 is 0 Å². The van der Waals surface area contributed by atoms with E-state index in [1.807, 2.05) is 0 Å². The van der Waals surface area contributed by atoms with Crippen LogP contribution in [0.25, 0.3) is 0 Å². The summed E-state index contributed by atoms with van der Waals surface area (Å²) in [6.07, 6.45) is 9.77. The topological polar surface area (TPSA) is 52.3 Å². The van der Waals surface area contributed by atoms with Crippen molar-refractivity contribution >= 4 is 5.78 Å². The molecule has 3 fully saturated rings. The van der Waals surface area contributed by atoms with E-state index < -0.39 is 0 Å². The lowest BCUT2D eigenvalue weighted by Gasteiger charge is -2.38. The van der Waals surface area contributed by atoms with Crippen molar-refractivity contribution in [2.24, 2.45) is 17.6 Å². The predicted octanol–water partition coefficient (Wildman–Crippen LogP) is 2.42. The fraction of sp³-hybridized carbons (Fsp3) is 0.933. The Bertz CT molecular complexity index is 322. The van der Waals surface area contributed by atoms with Crippen LogP contribution in [0.1, 0.15) is 57.8 Å². The van der Waals surface area contributed by atoms with Gasteiger partial charge in [0, 0.05) is 24.5 Å². The third kappa shape index (κ3) is 2.35. The zero-order valence-corrected chi connectivity index (χ0v) is 11.2. The van der Waals surface area contributed by atoms with Crippen LogP contribution in [0.5, 0.6) is 0 Å². The van der Waals surface area contributed by atoms with Crippen molar-refractivity contribution in [1.29, 1.82) is 0 Å². The maximum absolute atomic E-state index is 12.6. The lowest BCUT2D eigenvalue weighted by atomic mass is 9.78. The summed E-state index contributed by atoms with van der Waals surface area (Å²) in [4.78, 5) is 12.6. The van der Waals surface area contributed by atoms with E-state index in [9.17, 15) is 4.79 Å². The summed E-state index contributed by atoms with van der Waals surface area (Å²) in [6.45, 7) is 0.787. The van der Waals surface area contributed by atoms with Crippen LogP contribution in [0.2, 0.25) is 0 Å². The molecule has 0 aromatic rings. The smallest absolute Gasteiger partial charge is 0.139 e. The zero-order valence-electron chi connectivity index (χ0n) is 11.2. The minimum Gasteiger partial charge on any atom is -0.375 e. The molecule has 3 nitrogen and oxygen atoms in total. The van der Waals surface area contributed by atoms with Crippen LogP contribution in [0, 0.1) is 11.8 Å². The second kappa shape index (κ2) is 4.93. The van der Waals surface area contributed by atoms with Gasteiger partial charge in [-0.3, -0.25) is 4.79 Å². The Hall–Kier alpha value is -0.410. The summed E-state index contributed by atoms with van der Waals surface area (Å²) in [5, 5.41) is 0. The number of hydrogen-bond donors (Lipinski definition) is 1. The van der Waals surface area contributed by atoms with Gasteiger partial charge in [-0.05, 0) is 44.9 Å². The second-order valence-electron chi connectivity index (χ2n) is 6.60. The molecule has 1 heterocycles. The third-order valence-corrected chi connectivity index (χ3v) is 5.29. The SMILES string of the molecule is NC1CCC(C(=O)C2CCOC3(CCCC3)C2)C1. The molecule has 0 amide bonds. The maximum Gasteiger partial charge on any atom is 0.139 e. The number of hydrogen-bond acceptors (Lipinski definition) is 3. The molecule has 2 saturated carbocycles. The van der Waals surface area contributed by atoms with Crippen molar-refractivity contribution in [3.05, 3.63) is 0 Å². The summed E-state index contributed by atoms with van der Waals surface area (Å²) in [5.74, 6) is 1.01. The molecule has 0 radical (unpaired) electrons. The number of nitrogens with two attached hydrogens (primary N) is 1. The quantitative estimate of drug-likeness (QED) is 0.820. The second-order valence-corrected chi connectivity index (χ2v) is 6.60. The first-order valence-electron chi connectivity index (χ1n) is 7.62. The van der Waals surface area contributed by atoms with Gasteiger partial charge in [0.2, 0.25) is 0 Å². The fourth-order valence-electron chi connectivity index (χ4n) is 4.25. The van der Waals surface area contributed by atoms with Gasteiger partial charge in [0.1, 0.15) is 5.78 Å². The summed E-state index contributed by atoms with van der Waals surface area (Å²) >= 11 is 0. The van der Waals surface area contributed by atoms with Gasteiger partial charge in [0.05, 0.1) is 5.60 Å². The van der Waals surface area contributed by atoms with E-state index in [1.165, 1.54) is 25.7 Å². The highest BCUT2D eigenvalue weighted by atomic mass is 16.5. The minimum atomic E-state index is 0.0687. The van der Waals surface area contributed by atoms with Gasteiger partial charge in [-0.15, -0.1) is 0 Å². The van der Waals surface area contributed by atoms with Crippen molar-refractivity contribution in [3.8, 4) is 0 Å². The highest BCUT2D eigenvalue weighted by Gasteiger charge is 2.43. The monoisotopic (exact) mass is 251 g/mol. The van der Waals surface area contributed by atoms with E-state index in [0.29, 0.717) is 5.78 Å². The molecule has 0 aromatic heterocycles. The summed E-state index contributed by atoms with van der Waals surface area (Å²) in [5.41, 5.74) is 6.00. The van der Waals surface area contributed by atoms with Crippen molar-refractivity contribution in [2.75, 3.05) is 6.61 Å². The highest BCUT2D eigenvalue weighted by Crippen LogP contribution is 2.43. The normalized spacial score (nSPS) is 39.3. The van der Waals surface area contributed by atoms with Crippen molar-refractivity contribution < 1.29 is 9.53 Å². The van der Waals surface area contributed by atoms with Crippen LogP contribution in [0.4, 0.5) is 0 Å². The number of ether oxygens (including phenoxy) is 1. The number of carbonyl (C=O) groups is 1. The number of Topliss-reactive ketones (excluding diaryl/α,β-unsaturated/α-hetero) is 1. The molecule has 1 saturated heterocycles. The Morgan fingerprint density at radius 3 is 2.56 bits per heavy atom. The largest absolute Gasteiger partial charge is 0.375 e. The van der Waals surface area contributed by atoms with Crippen LogP contribution in [-0.4, -0.2) is 24.0 Å². The lowest BCUT2D eigenvalue weighted by molar-refractivity contribution is -0.139. The number of rotatable bonds is 2. The molecule has 3 rings (SSSR count). The number of ketones is 1. The van der Waals surface area contributed by atoms with Gasteiger partial charge >= 0.3 is 0 Å². The zero-order chi connectivity index (χ0) is 12.6. The molecule has 3 atom stereocenters. The Balaban J connectivity index is 1.63. The van der Waals surface area contributed by atoms with Crippen LogP contribution in [0.15, 0.2) is 0 Å². The summed E-state index contributed by atoms with van der Waals surface area (Å²) < 4.78 is 6.01. The van der Waals surface area contributed by atoms with Gasteiger partial charge < -0.3 is 10.5 Å². The Morgan fingerprint density at radius 2 is 1.89 bits per heavy atom. The average Bonchev–Trinajstić information content (AvgIpc) is 2.98. The van der Waals surface area contributed by atoms with E-state index in [0.717, 1.165) is 38.7 Å². The summed E-state index contributed by atoms with van der Waals surface area (Å²) in [6, 6.07) is 0.263. The Morgan fingerprint density at radius 1 is 1.11 bits per heavy atom. The molecule has 3 aliphatic rings. The van der Waals surface area contributed by atoms with E-state index >= 15 is 0 Å². The maximum atomic E-state index is 12.6. The van der Waals surface area contributed by atoms with E-state index in [2.05, 4.69) is 0 Å². The molecule has 18 heavy (non-hydrogen) atoms. The highest BCUT2D eigenvalue weighted by molar-refractivity contribution is 5.84. The minimum absolute atomic E-state index is 0.0687. The van der Waals surface area contributed by atoms with Gasteiger partial charge in [0.15, 0.2) is 0 Å². The van der Waals surface area contributed by atoms with E-state index in [1.54, 1.807) is 0 Å². The molecule has 102 valence electrons. The Labute approximate surface area is 109 Å². The van der Waals surface area contributed by atoms with E-state index in [4.69, 9.17) is 10.5 Å². The molecule has 2 N–H and O–H groups in total. The molecule has 1 aliphatic heterocycles. The molecule has 2 aliphatic carbocycles. The van der Waals surface area contributed by atoms with Gasteiger partial charge in [0.25, 0.3) is 0 Å². The standard InChI is InChI=1S/C15H25NO2/c16-13-4-3-11(9-13)14(17)12-5-8-18-15(10-12)6-1-2-7-15/h11-13H,1-10,16H2. The first-order valence-corrected chi connectivity index (χ1v) is 7.62. The molecule has 0 aromatic carbocycles. The predicted molar refractivity (Wildman–Crippen MR) is 70.2 cm³/mol. The molecule has 3 heteroatoms. The molecule has 3 unspecified atom stereocenters. The molecule has 1 spiro atoms. The lowest BCUT2D eigenvalue weighted by Crippen LogP contribution is -2.41. The fourth-order valence-corrected chi connectivity index (χ4v) is 4.25. The summed E-state index contributed by atoms with van der Waals surface area (Å²) in [7, 11) is 0. The third-order valence-electron chi connectivity index (χ3n) is 5.29. The molecular formula is C15H25NO2. The molecular weight excluding hydrogens is 226 g/mol.